The van der Waals surface area contributed by atoms with Crippen molar-refractivity contribution in [3.8, 4) is 0 Å². The van der Waals surface area contributed by atoms with E-state index in [0.29, 0.717) is 11.8 Å². The van der Waals surface area contributed by atoms with Gasteiger partial charge in [-0.1, -0.05) is 60.4 Å². The quantitative estimate of drug-likeness (QED) is 0.587. The number of allylic oxidation sites excluding steroid dienone is 8. The molecule has 0 aromatic heterocycles. The van der Waals surface area contributed by atoms with Gasteiger partial charge in [0.15, 0.2) is 0 Å². The first-order valence-corrected chi connectivity index (χ1v) is 6.13. The fraction of sp³-hybridized carbons (Fsp3) is 0.500. The van der Waals surface area contributed by atoms with Crippen molar-refractivity contribution in [2.45, 2.75) is 41.5 Å². The Morgan fingerprint density at radius 1 is 0.706 bits per heavy atom. The minimum absolute atomic E-state index is 0. The summed E-state index contributed by atoms with van der Waals surface area (Å²) in [5.74, 6) is 1.38. The maximum Gasteiger partial charge on any atom is 0 e. The molecular weight excluding hydrogens is 283 g/mol. The van der Waals surface area contributed by atoms with E-state index >= 15 is 0 Å². The summed E-state index contributed by atoms with van der Waals surface area (Å²) in [7, 11) is 0. The Morgan fingerprint density at radius 2 is 1.00 bits per heavy atom. The zero-order valence-corrected chi connectivity index (χ0v) is 14.4. The van der Waals surface area contributed by atoms with Crippen LogP contribution in [0.15, 0.2) is 46.6 Å². The summed E-state index contributed by atoms with van der Waals surface area (Å²) < 4.78 is 0. The Labute approximate surface area is 126 Å². The second-order valence-electron chi connectivity index (χ2n) is 5.18. The van der Waals surface area contributed by atoms with Gasteiger partial charge in [-0.25, -0.2) is 0 Å². The Kier molecular flexibility index (Phi) is 7.25. The molecular formula is C16H24Zr. The van der Waals surface area contributed by atoms with Crippen LogP contribution in [0.25, 0.3) is 0 Å². The van der Waals surface area contributed by atoms with Gasteiger partial charge in [0.2, 0.25) is 0 Å². The minimum Gasteiger partial charge on any atom is -0.0747 e. The molecule has 0 heterocycles. The molecule has 0 amide bonds. The van der Waals surface area contributed by atoms with Crippen LogP contribution in [0.3, 0.4) is 0 Å². The molecule has 0 radical (unpaired) electrons. The smallest absolute Gasteiger partial charge is 0 e. The molecule has 0 nitrogen and oxygen atoms in total. The first-order valence-electron chi connectivity index (χ1n) is 6.13. The Hall–Kier alpha value is -0.157. The molecule has 0 bridgehead atoms. The van der Waals surface area contributed by atoms with Gasteiger partial charge in [0.1, 0.15) is 0 Å². The first kappa shape index (κ1) is 16.8. The Morgan fingerprint density at radius 3 is 1.06 bits per heavy atom. The molecule has 0 aliphatic heterocycles. The predicted molar refractivity (Wildman–Crippen MR) is 73.4 cm³/mol. The summed E-state index contributed by atoms with van der Waals surface area (Å²) >= 11 is 0. The fourth-order valence-corrected chi connectivity index (χ4v) is 2.13. The van der Waals surface area contributed by atoms with E-state index in [4.69, 9.17) is 0 Å². The van der Waals surface area contributed by atoms with Gasteiger partial charge in [-0.3, -0.25) is 0 Å². The van der Waals surface area contributed by atoms with Crippen LogP contribution in [0.5, 0.6) is 0 Å². The van der Waals surface area contributed by atoms with Gasteiger partial charge < -0.3 is 0 Å². The monoisotopic (exact) mass is 306 g/mol. The maximum atomic E-state index is 2.29. The maximum absolute atomic E-state index is 2.29. The molecule has 2 aliphatic rings. The van der Waals surface area contributed by atoms with Crippen molar-refractivity contribution >= 4 is 0 Å². The largest absolute Gasteiger partial charge is 0.0747 e. The van der Waals surface area contributed by atoms with Crippen molar-refractivity contribution in [1.82, 2.24) is 0 Å². The predicted octanol–water partition coefficient (Wildman–Crippen LogP) is 5.05. The third kappa shape index (κ3) is 5.34. The molecule has 0 aromatic carbocycles. The molecule has 0 fully saturated rings. The van der Waals surface area contributed by atoms with E-state index < -0.39 is 0 Å². The normalized spacial score (nSPS) is 26.0. The molecule has 2 atom stereocenters. The zero-order valence-electron chi connectivity index (χ0n) is 12.0. The first-order chi connectivity index (χ1) is 7.40. The molecule has 92 valence electrons. The number of rotatable bonds is 0. The molecule has 2 rings (SSSR count). The van der Waals surface area contributed by atoms with Crippen LogP contribution in [0.2, 0.25) is 0 Å². The fourth-order valence-electron chi connectivity index (χ4n) is 2.13. The average Bonchev–Trinajstić information content (AvgIpc) is 2.58. The Balaban J connectivity index is 0.000000284. The Bertz CT molecular complexity index is 342. The second kappa shape index (κ2) is 7.32. The SMILES string of the molecule is CC1=CC(C)C(C)=C1.CC1=CC(C)C(C)=C1.[Zr]. The summed E-state index contributed by atoms with van der Waals surface area (Å²) in [5.41, 5.74) is 5.80. The van der Waals surface area contributed by atoms with Crippen molar-refractivity contribution in [2.24, 2.45) is 11.8 Å². The standard InChI is InChI=1S/2C8H12.Zr/c2*1-6-4-7(2)8(3)5-6;/h2*4-5,7H,1-3H3;. The van der Waals surface area contributed by atoms with Gasteiger partial charge in [-0.05, 0) is 39.5 Å². The average molecular weight is 308 g/mol. The van der Waals surface area contributed by atoms with E-state index in [9.17, 15) is 0 Å². The summed E-state index contributed by atoms with van der Waals surface area (Å²) in [6, 6.07) is 0. The van der Waals surface area contributed by atoms with Crippen molar-refractivity contribution in [3.05, 3.63) is 46.6 Å². The molecule has 0 aromatic rings. The summed E-state index contributed by atoms with van der Waals surface area (Å²) in [6.07, 6.45) is 9.06. The van der Waals surface area contributed by atoms with Crippen molar-refractivity contribution in [1.29, 1.82) is 0 Å². The van der Waals surface area contributed by atoms with Gasteiger partial charge in [-0.2, -0.15) is 0 Å². The molecule has 2 unspecified atom stereocenters. The minimum atomic E-state index is 0. The third-order valence-electron chi connectivity index (χ3n) is 3.37. The topological polar surface area (TPSA) is 0 Å². The van der Waals surface area contributed by atoms with Crippen molar-refractivity contribution in [3.63, 3.8) is 0 Å². The molecule has 0 N–H and O–H groups in total. The zero-order chi connectivity index (χ0) is 12.3. The van der Waals surface area contributed by atoms with E-state index in [2.05, 4.69) is 65.8 Å². The van der Waals surface area contributed by atoms with Crippen LogP contribution >= 0.6 is 0 Å². The van der Waals surface area contributed by atoms with Crippen LogP contribution in [0.4, 0.5) is 0 Å². The van der Waals surface area contributed by atoms with Crippen molar-refractivity contribution in [2.75, 3.05) is 0 Å². The van der Waals surface area contributed by atoms with E-state index in [-0.39, 0.29) is 26.2 Å². The molecule has 0 spiro atoms. The van der Waals surface area contributed by atoms with Gasteiger partial charge in [0.25, 0.3) is 0 Å². The van der Waals surface area contributed by atoms with E-state index in [1.165, 1.54) is 22.3 Å². The van der Waals surface area contributed by atoms with Crippen LogP contribution in [0, 0.1) is 11.8 Å². The van der Waals surface area contributed by atoms with Gasteiger partial charge in [-0.15, -0.1) is 0 Å². The van der Waals surface area contributed by atoms with E-state index in [1.54, 1.807) is 0 Å². The van der Waals surface area contributed by atoms with Crippen LogP contribution < -0.4 is 0 Å². The molecule has 0 saturated heterocycles. The van der Waals surface area contributed by atoms with Crippen LogP contribution in [-0.2, 0) is 26.2 Å². The van der Waals surface area contributed by atoms with E-state index in [1.807, 2.05) is 0 Å². The van der Waals surface area contributed by atoms with Crippen LogP contribution in [-0.4, -0.2) is 0 Å². The molecule has 2 aliphatic carbocycles. The molecule has 17 heavy (non-hydrogen) atoms. The number of hydrogen-bond donors (Lipinski definition) is 0. The van der Waals surface area contributed by atoms with Crippen molar-refractivity contribution < 1.29 is 26.2 Å². The van der Waals surface area contributed by atoms with E-state index in [0.717, 1.165) is 0 Å². The van der Waals surface area contributed by atoms with Gasteiger partial charge in [0.05, 0.1) is 0 Å². The molecule has 0 saturated carbocycles. The summed E-state index contributed by atoms with van der Waals surface area (Å²) in [5, 5.41) is 0. The molecule has 1 heteroatoms. The summed E-state index contributed by atoms with van der Waals surface area (Å²) in [6.45, 7) is 13.1. The third-order valence-corrected chi connectivity index (χ3v) is 3.37. The second-order valence-corrected chi connectivity index (χ2v) is 5.18. The van der Waals surface area contributed by atoms with Gasteiger partial charge in [0, 0.05) is 26.2 Å². The van der Waals surface area contributed by atoms with Gasteiger partial charge >= 0.3 is 0 Å². The van der Waals surface area contributed by atoms with Crippen LogP contribution in [0.1, 0.15) is 41.5 Å². The number of hydrogen-bond acceptors (Lipinski definition) is 0. The summed E-state index contributed by atoms with van der Waals surface area (Å²) in [4.78, 5) is 0.